The van der Waals surface area contributed by atoms with Crippen molar-refractivity contribution in [2.75, 3.05) is 31.1 Å². The van der Waals surface area contributed by atoms with Crippen molar-refractivity contribution in [2.45, 2.75) is 44.2 Å². The van der Waals surface area contributed by atoms with Crippen LogP contribution in [0.15, 0.2) is 47.1 Å². The van der Waals surface area contributed by atoms with Gasteiger partial charge in [-0.15, -0.1) is 0 Å². The average molecular weight is 393 g/mol. The molecule has 2 unspecified atom stereocenters. The standard InChI is InChI=1S/C23H27N3O3/c27-22(20-9-3-4-12-26(20)23(28)21-10-5-14-29-21)24-11-6-13-25-18(16-24)15-17-7-1-2-8-19(17)25/h1-2,5,7-8,10,14,18,20H,3-4,6,9,11-13,15-16H2. The molecule has 3 aliphatic rings. The number of para-hydroxylation sites is 1. The van der Waals surface area contributed by atoms with Crippen LogP contribution in [-0.2, 0) is 11.2 Å². The van der Waals surface area contributed by atoms with Crippen LogP contribution in [0.3, 0.4) is 0 Å². The molecule has 2 fully saturated rings. The topological polar surface area (TPSA) is 57.0 Å². The summed E-state index contributed by atoms with van der Waals surface area (Å²) in [6, 6.07) is 11.9. The molecule has 0 N–H and O–H groups in total. The van der Waals surface area contributed by atoms with E-state index in [4.69, 9.17) is 4.42 Å². The second-order valence-electron chi connectivity index (χ2n) is 8.31. The molecule has 29 heavy (non-hydrogen) atoms. The van der Waals surface area contributed by atoms with Crippen molar-refractivity contribution < 1.29 is 14.0 Å². The number of likely N-dealkylation sites (tertiary alicyclic amines) is 1. The van der Waals surface area contributed by atoms with Crippen LogP contribution >= 0.6 is 0 Å². The van der Waals surface area contributed by atoms with Gasteiger partial charge in [0.2, 0.25) is 5.91 Å². The summed E-state index contributed by atoms with van der Waals surface area (Å²) >= 11 is 0. The van der Waals surface area contributed by atoms with Crippen molar-refractivity contribution in [3.8, 4) is 0 Å². The van der Waals surface area contributed by atoms with Crippen LogP contribution in [0.25, 0.3) is 0 Å². The fourth-order valence-electron chi connectivity index (χ4n) is 5.15. The number of rotatable bonds is 2. The van der Waals surface area contributed by atoms with E-state index in [9.17, 15) is 9.59 Å². The third kappa shape index (κ3) is 3.30. The van der Waals surface area contributed by atoms with Gasteiger partial charge in [0, 0.05) is 31.9 Å². The molecule has 1 aromatic heterocycles. The van der Waals surface area contributed by atoms with Gasteiger partial charge in [-0.25, -0.2) is 0 Å². The fourth-order valence-corrected chi connectivity index (χ4v) is 5.15. The van der Waals surface area contributed by atoms with Crippen LogP contribution < -0.4 is 4.90 Å². The van der Waals surface area contributed by atoms with Crippen LogP contribution in [-0.4, -0.2) is 59.9 Å². The lowest BCUT2D eigenvalue weighted by Crippen LogP contribution is -2.54. The van der Waals surface area contributed by atoms with Crippen molar-refractivity contribution in [2.24, 2.45) is 0 Å². The van der Waals surface area contributed by atoms with Crippen LogP contribution in [0.4, 0.5) is 5.69 Å². The normalized spacial score (nSPS) is 24.1. The minimum absolute atomic E-state index is 0.0995. The molecule has 1 aromatic carbocycles. The average Bonchev–Trinajstić information content (AvgIpc) is 3.36. The molecule has 2 saturated heterocycles. The number of hydrogen-bond donors (Lipinski definition) is 0. The van der Waals surface area contributed by atoms with Crippen LogP contribution in [0.1, 0.15) is 41.8 Å². The van der Waals surface area contributed by atoms with E-state index in [0.29, 0.717) is 18.3 Å². The molecule has 0 aliphatic carbocycles. The molecule has 0 bridgehead atoms. The van der Waals surface area contributed by atoms with Crippen molar-refractivity contribution in [3.63, 3.8) is 0 Å². The smallest absolute Gasteiger partial charge is 0.290 e. The lowest BCUT2D eigenvalue weighted by Gasteiger charge is -2.37. The summed E-state index contributed by atoms with van der Waals surface area (Å²) in [5.74, 6) is 0.248. The van der Waals surface area contributed by atoms with E-state index in [1.165, 1.54) is 17.5 Å². The zero-order chi connectivity index (χ0) is 19.8. The van der Waals surface area contributed by atoms with E-state index >= 15 is 0 Å². The number of carbonyl (C=O) groups excluding carboxylic acids is 2. The summed E-state index contributed by atoms with van der Waals surface area (Å²) in [6.45, 7) is 3.08. The molecular formula is C23H27N3O3. The molecule has 152 valence electrons. The highest BCUT2D eigenvalue weighted by atomic mass is 16.3. The van der Waals surface area contributed by atoms with Crippen molar-refractivity contribution in [1.82, 2.24) is 9.80 Å². The van der Waals surface area contributed by atoms with Crippen molar-refractivity contribution >= 4 is 17.5 Å². The first-order valence-corrected chi connectivity index (χ1v) is 10.7. The van der Waals surface area contributed by atoms with E-state index in [0.717, 1.165) is 51.7 Å². The Morgan fingerprint density at radius 3 is 2.72 bits per heavy atom. The number of hydrogen-bond acceptors (Lipinski definition) is 4. The summed E-state index contributed by atoms with van der Waals surface area (Å²) in [4.78, 5) is 32.7. The molecule has 0 saturated carbocycles. The highest BCUT2D eigenvalue weighted by molar-refractivity contribution is 5.95. The third-order valence-electron chi connectivity index (χ3n) is 6.55. The predicted molar refractivity (Wildman–Crippen MR) is 110 cm³/mol. The fraction of sp³-hybridized carbons (Fsp3) is 0.478. The lowest BCUT2D eigenvalue weighted by molar-refractivity contribution is -0.137. The van der Waals surface area contributed by atoms with E-state index in [2.05, 4.69) is 29.2 Å². The summed E-state index contributed by atoms with van der Waals surface area (Å²) in [5.41, 5.74) is 2.69. The van der Waals surface area contributed by atoms with Crippen LogP contribution in [0.5, 0.6) is 0 Å². The molecule has 6 heteroatoms. The molecule has 2 atom stereocenters. The molecule has 4 heterocycles. The summed E-state index contributed by atoms with van der Waals surface area (Å²) in [5, 5.41) is 0. The predicted octanol–water partition coefficient (Wildman–Crippen LogP) is 2.94. The molecule has 0 spiro atoms. The Balaban J connectivity index is 1.34. The molecule has 0 radical (unpaired) electrons. The zero-order valence-corrected chi connectivity index (χ0v) is 16.6. The molecule has 3 aliphatic heterocycles. The zero-order valence-electron chi connectivity index (χ0n) is 16.6. The van der Waals surface area contributed by atoms with E-state index in [1.54, 1.807) is 17.0 Å². The minimum atomic E-state index is -0.378. The van der Waals surface area contributed by atoms with Crippen molar-refractivity contribution in [1.29, 1.82) is 0 Å². The van der Waals surface area contributed by atoms with Gasteiger partial charge >= 0.3 is 0 Å². The first-order chi connectivity index (χ1) is 14.2. The maximum absolute atomic E-state index is 13.5. The van der Waals surface area contributed by atoms with Gasteiger partial charge in [-0.2, -0.15) is 0 Å². The number of anilines is 1. The first-order valence-electron chi connectivity index (χ1n) is 10.7. The highest BCUT2D eigenvalue weighted by Gasteiger charge is 2.39. The number of furan rings is 1. The van der Waals surface area contributed by atoms with E-state index < -0.39 is 0 Å². The number of piperidine rings is 1. The maximum Gasteiger partial charge on any atom is 0.290 e. The Hall–Kier alpha value is -2.76. The number of fused-ring (bicyclic) bond motifs is 3. The second-order valence-corrected chi connectivity index (χ2v) is 8.31. The minimum Gasteiger partial charge on any atom is -0.459 e. The van der Waals surface area contributed by atoms with Gasteiger partial charge in [-0.1, -0.05) is 18.2 Å². The largest absolute Gasteiger partial charge is 0.459 e. The molecule has 5 rings (SSSR count). The maximum atomic E-state index is 13.5. The van der Waals surface area contributed by atoms with Gasteiger partial charge in [0.05, 0.1) is 12.3 Å². The molecular weight excluding hydrogens is 366 g/mol. The summed E-state index contributed by atoms with van der Waals surface area (Å²) in [7, 11) is 0. The van der Waals surface area contributed by atoms with Crippen LogP contribution in [0.2, 0.25) is 0 Å². The van der Waals surface area contributed by atoms with Gasteiger partial charge in [0.15, 0.2) is 5.76 Å². The van der Waals surface area contributed by atoms with Gasteiger partial charge in [0.25, 0.3) is 5.91 Å². The number of nitrogens with zero attached hydrogens (tertiary/aromatic N) is 3. The molecule has 6 nitrogen and oxygen atoms in total. The van der Waals surface area contributed by atoms with Crippen LogP contribution in [0, 0.1) is 0 Å². The second kappa shape index (κ2) is 7.58. The number of benzene rings is 1. The SMILES string of the molecule is O=C(C1CCCCN1C(=O)c1ccco1)N1CCCN2c3ccccc3CC2C1. The Morgan fingerprint density at radius 1 is 0.966 bits per heavy atom. The van der Waals surface area contributed by atoms with E-state index in [1.807, 2.05) is 4.90 Å². The Kier molecular flexibility index (Phi) is 4.78. The Labute approximate surface area is 171 Å². The first kappa shape index (κ1) is 18.3. The summed E-state index contributed by atoms with van der Waals surface area (Å²) < 4.78 is 5.31. The van der Waals surface area contributed by atoms with Gasteiger partial charge in [0.1, 0.15) is 6.04 Å². The lowest BCUT2D eigenvalue weighted by atomic mass is 10.00. The quantitative estimate of drug-likeness (QED) is 0.787. The number of amides is 2. The molecule has 2 aromatic rings. The number of carbonyl (C=O) groups is 2. The summed E-state index contributed by atoms with van der Waals surface area (Å²) in [6.07, 6.45) is 6.09. The van der Waals surface area contributed by atoms with E-state index in [-0.39, 0.29) is 17.9 Å². The Bertz CT molecular complexity index is 895. The highest BCUT2D eigenvalue weighted by Crippen LogP contribution is 2.34. The Morgan fingerprint density at radius 2 is 1.86 bits per heavy atom. The van der Waals surface area contributed by atoms with Gasteiger partial charge in [-0.05, 0) is 55.9 Å². The molecule has 2 amide bonds. The van der Waals surface area contributed by atoms with Crippen molar-refractivity contribution in [3.05, 3.63) is 54.0 Å². The third-order valence-corrected chi connectivity index (χ3v) is 6.55. The van der Waals surface area contributed by atoms with Gasteiger partial charge < -0.3 is 19.1 Å². The van der Waals surface area contributed by atoms with Gasteiger partial charge in [-0.3, -0.25) is 9.59 Å². The monoisotopic (exact) mass is 393 g/mol.